The molecule has 4 fully saturated rings. The second kappa shape index (κ2) is 12.0. The fraction of sp³-hybridized carbons (Fsp3) is 0.781. The van der Waals surface area contributed by atoms with E-state index in [2.05, 4.69) is 37.7 Å². The maximum absolute atomic E-state index is 12.7. The third kappa shape index (κ3) is 6.07. The predicted molar refractivity (Wildman–Crippen MR) is 158 cm³/mol. The molecule has 44 heavy (non-hydrogen) atoms. The molecule has 4 aliphatic carbocycles. The maximum atomic E-state index is 12.7. The van der Waals surface area contributed by atoms with Crippen LogP contribution < -0.4 is 14.8 Å². The number of aliphatic hydroxyl groups excluding tert-OH is 2. The van der Waals surface area contributed by atoms with Crippen LogP contribution in [0.4, 0.5) is 18.0 Å². The summed E-state index contributed by atoms with van der Waals surface area (Å²) in [5.41, 5.74) is 0.105. The molecule has 4 N–H and O–H groups in total. The molecule has 4 aliphatic rings. The Hall–Kier alpha value is -2.05. The minimum Gasteiger partial charge on any atom is -0.406 e. The van der Waals surface area contributed by atoms with Gasteiger partial charge in [0, 0.05) is 6.54 Å². The summed E-state index contributed by atoms with van der Waals surface area (Å²) in [6.07, 6.45) is 1.98. The van der Waals surface area contributed by atoms with Crippen molar-refractivity contribution >= 4 is 16.1 Å². The van der Waals surface area contributed by atoms with E-state index in [1.54, 1.807) is 0 Å². The molecule has 3 unspecified atom stereocenters. The quantitative estimate of drug-likeness (QED) is 0.296. The van der Waals surface area contributed by atoms with Crippen LogP contribution in [0, 0.1) is 52.3 Å². The lowest BCUT2D eigenvalue weighted by molar-refractivity contribution is -0.274. The molecule has 0 spiro atoms. The van der Waals surface area contributed by atoms with Gasteiger partial charge >= 0.3 is 12.4 Å². The van der Waals surface area contributed by atoms with Crippen LogP contribution in [0.2, 0.25) is 0 Å². The van der Waals surface area contributed by atoms with E-state index in [-0.39, 0.29) is 52.0 Å². The van der Waals surface area contributed by atoms with Crippen LogP contribution in [0.5, 0.6) is 5.75 Å². The molecule has 248 valence electrons. The van der Waals surface area contributed by atoms with Gasteiger partial charge in [0.25, 0.3) is 10.0 Å². The zero-order chi connectivity index (χ0) is 32.2. The highest BCUT2D eigenvalue weighted by atomic mass is 32.2. The zero-order valence-corrected chi connectivity index (χ0v) is 26.8. The maximum Gasteiger partial charge on any atom is 0.573 e. The van der Waals surface area contributed by atoms with E-state index >= 15 is 0 Å². The Morgan fingerprint density at radius 2 is 1.66 bits per heavy atom. The van der Waals surface area contributed by atoms with Crippen molar-refractivity contribution in [3.63, 3.8) is 0 Å². The number of urea groups is 1. The number of carbonyl (C=O) groups excluding carboxylic acids is 1. The minimum absolute atomic E-state index is 0.0122. The number of ether oxygens (including phenoxy) is 1. The van der Waals surface area contributed by atoms with Gasteiger partial charge in [0.2, 0.25) is 0 Å². The molecule has 11 atom stereocenters. The van der Waals surface area contributed by atoms with Crippen LogP contribution in [0.3, 0.4) is 0 Å². The molecule has 1 aromatic carbocycles. The van der Waals surface area contributed by atoms with Gasteiger partial charge in [0.15, 0.2) is 0 Å². The first kappa shape index (κ1) is 33.3. The Kier molecular flexibility index (Phi) is 9.05. The average molecular weight is 645 g/mol. The van der Waals surface area contributed by atoms with E-state index in [1.165, 1.54) is 0 Å². The molecule has 0 aliphatic heterocycles. The Balaban J connectivity index is 1.22. The molecule has 0 bridgehead atoms. The molecular weight excluding hydrogens is 597 g/mol. The van der Waals surface area contributed by atoms with Gasteiger partial charge in [-0.25, -0.2) is 17.9 Å². The molecule has 0 aromatic heterocycles. The molecular formula is C32H47F3N2O6S. The van der Waals surface area contributed by atoms with Gasteiger partial charge in [0.1, 0.15) is 5.75 Å². The molecule has 0 saturated heterocycles. The van der Waals surface area contributed by atoms with E-state index in [0.717, 1.165) is 75.6 Å². The third-order valence-corrected chi connectivity index (χ3v) is 13.7. The summed E-state index contributed by atoms with van der Waals surface area (Å²) in [6.45, 7) is 9.24. The fourth-order valence-electron chi connectivity index (χ4n) is 10.4. The molecule has 5 rings (SSSR count). The molecule has 0 heterocycles. The van der Waals surface area contributed by atoms with Crippen LogP contribution >= 0.6 is 0 Å². The number of alkyl halides is 3. The molecule has 1 aromatic rings. The van der Waals surface area contributed by atoms with Crippen LogP contribution in [0.15, 0.2) is 29.2 Å². The Labute approximate surface area is 258 Å². The number of halogens is 3. The average Bonchev–Trinajstić information content (AvgIpc) is 3.29. The number of amides is 2. The monoisotopic (exact) mass is 644 g/mol. The van der Waals surface area contributed by atoms with Crippen LogP contribution in [0.1, 0.15) is 79.1 Å². The summed E-state index contributed by atoms with van der Waals surface area (Å²) in [6, 6.07) is 2.73. The van der Waals surface area contributed by atoms with Crippen molar-refractivity contribution in [1.29, 1.82) is 0 Å². The van der Waals surface area contributed by atoms with E-state index < -0.39 is 34.3 Å². The first-order valence-corrected chi connectivity index (χ1v) is 17.5. The highest BCUT2D eigenvalue weighted by molar-refractivity contribution is 7.90. The highest BCUT2D eigenvalue weighted by Gasteiger charge is 2.64. The number of aliphatic hydroxyl groups is 2. The summed E-state index contributed by atoms with van der Waals surface area (Å²) in [5.74, 6) is 1.29. The molecule has 0 radical (unpaired) electrons. The van der Waals surface area contributed by atoms with Crippen molar-refractivity contribution in [2.24, 2.45) is 52.3 Å². The molecule has 8 nitrogen and oxygen atoms in total. The lowest BCUT2D eigenvalue weighted by atomic mass is 9.41. The summed E-state index contributed by atoms with van der Waals surface area (Å²) in [5, 5.41) is 25.1. The molecule has 2 amide bonds. The van der Waals surface area contributed by atoms with E-state index in [1.807, 2.05) is 4.72 Å². The largest absolute Gasteiger partial charge is 0.573 e. The van der Waals surface area contributed by atoms with Gasteiger partial charge < -0.3 is 20.3 Å². The zero-order valence-electron chi connectivity index (χ0n) is 25.9. The van der Waals surface area contributed by atoms with Gasteiger partial charge in [-0.05, 0) is 121 Å². The standard InChI is InChI=1S/C32H47F3N2O6S/c1-5-22-26-16-19(38)12-14-31(26,4)25-13-15-30(3)23(10-11-24(30)27(25)28(22)39)18(2)17-36-29(40)37-44(41,42)21-8-6-20(7-9-21)43-32(33,34)35/h6-9,18-19,22-28,38-39H,5,10-17H2,1-4H3,(H2,36,37,40)/t18-,19-,22-,23-,24?,25?,26+,27?,28-,30-,31-/m1/s1. The van der Waals surface area contributed by atoms with Gasteiger partial charge in [0.05, 0.1) is 17.1 Å². The van der Waals surface area contributed by atoms with Crippen molar-refractivity contribution in [3.8, 4) is 5.75 Å². The number of nitrogens with one attached hydrogen (secondary N) is 2. The van der Waals surface area contributed by atoms with Crippen LogP contribution in [-0.4, -0.2) is 49.8 Å². The number of hydrogen-bond donors (Lipinski definition) is 4. The summed E-state index contributed by atoms with van der Waals surface area (Å²) in [4.78, 5) is 12.3. The van der Waals surface area contributed by atoms with E-state index in [0.29, 0.717) is 17.8 Å². The number of fused-ring (bicyclic) bond motifs is 5. The van der Waals surface area contributed by atoms with Crippen molar-refractivity contribution in [3.05, 3.63) is 24.3 Å². The van der Waals surface area contributed by atoms with Crippen LogP contribution in [0.25, 0.3) is 0 Å². The van der Waals surface area contributed by atoms with Crippen LogP contribution in [-0.2, 0) is 10.0 Å². The van der Waals surface area contributed by atoms with Crippen molar-refractivity contribution < 1.29 is 41.3 Å². The predicted octanol–water partition coefficient (Wildman–Crippen LogP) is 5.84. The number of benzene rings is 1. The first-order valence-electron chi connectivity index (χ1n) is 16.0. The Bertz CT molecular complexity index is 1310. The number of hydrogen-bond acceptors (Lipinski definition) is 6. The summed E-state index contributed by atoms with van der Waals surface area (Å²) >= 11 is 0. The van der Waals surface area contributed by atoms with Gasteiger partial charge in [-0.1, -0.05) is 34.1 Å². The second-order valence-corrected chi connectivity index (χ2v) is 16.1. The summed E-state index contributed by atoms with van der Waals surface area (Å²) in [7, 11) is -4.31. The molecule has 12 heteroatoms. The van der Waals surface area contributed by atoms with Crippen molar-refractivity contribution in [2.75, 3.05) is 6.54 Å². The van der Waals surface area contributed by atoms with Gasteiger partial charge in [-0.2, -0.15) is 0 Å². The smallest absolute Gasteiger partial charge is 0.406 e. The SMILES string of the molecule is CC[C@H]1[C@@H](O)C2C3CC[C@H]([C@H](C)CNC(=O)NS(=O)(=O)c4ccc(OC(F)(F)F)cc4)[C@@]3(C)CCC2[C@@]2(C)CC[C@@H](O)C[C@@H]12. The fourth-order valence-corrected chi connectivity index (χ4v) is 11.3. The Morgan fingerprint density at radius 3 is 2.30 bits per heavy atom. The first-order chi connectivity index (χ1) is 20.5. The number of rotatable bonds is 7. The van der Waals surface area contributed by atoms with Gasteiger partial charge in [-0.3, -0.25) is 0 Å². The van der Waals surface area contributed by atoms with E-state index in [9.17, 15) is 36.6 Å². The normalized spacial score (nSPS) is 39.4. The molecule has 4 saturated carbocycles. The number of sulfonamides is 1. The van der Waals surface area contributed by atoms with Crippen molar-refractivity contribution in [1.82, 2.24) is 10.0 Å². The van der Waals surface area contributed by atoms with Gasteiger partial charge in [-0.15, -0.1) is 13.2 Å². The topological polar surface area (TPSA) is 125 Å². The second-order valence-electron chi connectivity index (χ2n) is 14.4. The lowest BCUT2D eigenvalue weighted by Gasteiger charge is -2.64. The minimum atomic E-state index is -4.90. The lowest BCUT2D eigenvalue weighted by Crippen LogP contribution is -2.62. The van der Waals surface area contributed by atoms with Crippen molar-refractivity contribution in [2.45, 2.75) is 103 Å². The number of carbonyl (C=O) groups is 1. The third-order valence-electron chi connectivity index (χ3n) is 12.3. The summed E-state index contributed by atoms with van der Waals surface area (Å²) < 4.78 is 68.3. The van der Waals surface area contributed by atoms with E-state index in [4.69, 9.17) is 0 Å². The highest BCUT2D eigenvalue weighted by Crippen LogP contribution is 2.69. The Morgan fingerprint density at radius 1 is 1.02 bits per heavy atom.